The molecule has 0 bridgehead atoms. The molecule has 0 fully saturated rings. The van der Waals surface area contributed by atoms with Crippen molar-refractivity contribution >= 4 is 11.6 Å². The second-order valence-corrected chi connectivity index (χ2v) is 4.87. The molecular weight excluding hydrogens is 252 g/mol. The number of urea groups is 1. The number of methoxy groups -OCH3 is 1. The molecule has 2 rings (SSSR count). The largest absolute Gasteiger partial charge is 0.385 e. The summed E-state index contributed by atoms with van der Waals surface area (Å²) in [4.78, 5) is 13.8. The van der Waals surface area contributed by atoms with E-state index < -0.39 is 0 Å². The summed E-state index contributed by atoms with van der Waals surface area (Å²) < 4.78 is 4.96. The summed E-state index contributed by atoms with van der Waals surface area (Å²) in [6.45, 7) is 2.80. The molecule has 0 radical (unpaired) electrons. The molecule has 108 valence electrons. The van der Waals surface area contributed by atoms with Crippen LogP contribution in [0.2, 0.25) is 0 Å². The number of hydrogen-bond donors (Lipinski definition) is 1. The monoisotopic (exact) mass is 274 g/mol. The van der Waals surface area contributed by atoms with Crippen molar-refractivity contribution in [1.82, 2.24) is 10.2 Å². The van der Waals surface area contributed by atoms with Gasteiger partial charge in [-0.2, -0.15) is 0 Å². The number of rotatable bonds is 5. The van der Waals surface area contributed by atoms with Gasteiger partial charge in [0.05, 0.1) is 0 Å². The number of nitrogens with zero attached hydrogens (tertiary/aromatic N) is 1. The van der Waals surface area contributed by atoms with Crippen molar-refractivity contribution in [3.63, 3.8) is 0 Å². The maximum atomic E-state index is 11.9. The lowest BCUT2D eigenvalue weighted by molar-refractivity contribution is 0.187. The first-order valence-corrected chi connectivity index (χ1v) is 7.07. The second-order valence-electron chi connectivity index (χ2n) is 4.87. The molecule has 1 heterocycles. The summed E-state index contributed by atoms with van der Waals surface area (Å²) in [7, 11) is 1.67. The van der Waals surface area contributed by atoms with E-state index in [1.165, 1.54) is 11.1 Å². The van der Waals surface area contributed by atoms with E-state index in [1.54, 1.807) is 7.11 Å². The summed E-state index contributed by atoms with van der Waals surface area (Å²) in [6, 6.07) is 10.4. The Morgan fingerprint density at radius 3 is 2.80 bits per heavy atom. The summed E-state index contributed by atoms with van der Waals surface area (Å²) in [6.07, 6.45) is 3.91. The topological polar surface area (TPSA) is 41.6 Å². The molecule has 0 unspecified atom stereocenters. The highest BCUT2D eigenvalue weighted by Crippen LogP contribution is 2.21. The standard InChI is InChI=1S/C16H22N2O2/c1-20-13-5-10-17-16(19)18-11-8-15(9-12-18)14-6-3-2-4-7-14/h2-4,6-8H,5,9-13H2,1H3,(H,17,19). The normalized spacial score (nSPS) is 14.8. The molecule has 0 aromatic heterocycles. The molecule has 2 amide bonds. The number of carbonyl (C=O) groups excluding carboxylic acids is 1. The zero-order valence-electron chi connectivity index (χ0n) is 12.0. The molecule has 1 aliphatic rings. The van der Waals surface area contributed by atoms with Gasteiger partial charge in [-0.05, 0) is 24.0 Å². The maximum absolute atomic E-state index is 11.9. The summed E-state index contributed by atoms with van der Waals surface area (Å²) in [5.74, 6) is 0. The Kier molecular flexibility index (Phi) is 5.62. The number of amides is 2. The molecule has 1 aromatic carbocycles. The molecule has 0 aliphatic carbocycles. The quantitative estimate of drug-likeness (QED) is 0.838. The van der Waals surface area contributed by atoms with Crippen LogP contribution in [0.3, 0.4) is 0 Å². The Hall–Kier alpha value is -1.81. The first-order chi connectivity index (χ1) is 9.81. The molecule has 0 saturated carbocycles. The van der Waals surface area contributed by atoms with E-state index in [0.29, 0.717) is 19.7 Å². The third kappa shape index (κ3) is 4.10. The zero-order chi connectivity index (χ0) is 14.2. The van der Waals surface area contributed by atoms with Crippen molar-refractivity contribution < 1.29 is 9.53 Å². The van der Waals surface area contributed by atoms with Crippen LogP contribution in [0.15, 0.2) is 36.4 Å². The Morgan fingerprint density at radius 1 is 1.35 bits per heavy atom. The molecule has 4 nitrogen and oxygen atoms in total. The van der Waals surface area contributed by atoms with Gasteiger partial charge in [-0.15, -0.1) is 0 Å². The fourth-order valence-corrected chi connectivity index (χ4v) is 2.29. The van der Waals surface area contributed by atoms with Crippen LogP contribution in [0.25, 0.3) is 5.57 Å². The molecule has 1 aromatic rings. The molecule has 4 heteroatoms. The van der Waals surface area contributed by atoms with Gasteiger partial charge in [-0.25, -0.2) is 4.79 Å². The third-order valence-corrected chi connectivity index (χ3v) is 3.44. The van der Waals surface area contributed by atoms with E-state index in [0.717, 1.165) is 19.4 Å². The van der Waals surface area contributed by atoms with Crippen molar-refractivity contribution in [3.8, 4) is 0 Å². The van der Waals surface area contributed by atoms with E-state index in [1.807, 2.05) is 23.1 Å². The maximum Gasteiger partial charge on any atom is 0.317 e. The number of carbonyl (C=O) groups is 1. The Labute approximate surface area is 120 Å². The highest BCUT2D eigenvalue weighted by molar-refractivity contribution is 5.76. The van der Waals surface area contributed by atoms with Gasteiger partial charge in [-0.1, -0.05) is 36.4 Å². The van der Waals surface area contributed by atoms with Crippen molar-refractivity contribution in [3.05, 3.63) is 42.0 Å². The Balaban J connectivity index is 1.81. The van der Waals surface area contributed by atoms with Crippen LogP contribution in [-0.4, -0.2) is 44.3 Å². The molecule has 0 saturated heterocycles. The van der Waals surface area contributed by atoms with Crippen molar-refractivity contribution in [2.75, 3.05) is 33.4 Å². The average Bonchev–Trinajstić information content (AvgIpc) is 2.52. The second kappa shape index (κ2) is 7.70. The van der Waals surface area contributed by atoms with Gasteiger partial charge in [0.1, 0.15) is 0 Å². The predicted octanol–water partition coefficient (Wildman–Crippen LogP) is 2.52. The number of nitrogens with one attached hydrogen (secondary N) is 1. The SMILES string of the molecule is COCCCNC(=O)N1CC=C(c2ccccc2)CC1. The van der Waals surface area contributed by atoms with Crippen LogP contribution >= 0.6 is 0 Å². The van der Waals surface area contributed by atoms with Gasteiger partial charge >= 0.3 is 6.03 Å². The highest BCUT2D eigenvalue weighted by atomic mass is 16.5. The van der Waals surface area contributed by atoms with Gasteiger partial charge in [0.25, 0.3) is 0 Å². The zero-order valence-corrected chi connectivity index (χ0v) is 12.0. The lowest BCUT2D eigenvalue weighted by Gasteiger charge is -2.26. The lowest BCUT2D eigenvalue weighted by Crippen LogP contribution is -2.42. The minimum Gasteiger partial charge on any atom is -0.385 e. The van der Waals surface area contributed by atoms with E-state index >= 15 is 0 Å². The van der Waals surface area contributed by atoms with Gasteiger partial charge < -0.3 is 15.0 Å². The number of hydrogen-bond acceptors (Lipinski definition) is 2. The van der Waals surface area contributed by atoms with Gasteiger partial charge in [0.15, 0.2) is 0 Å². The smallest absolute Gasteiger partial charge is 0.317 e. The first-order valence-electron chi connectivity index (χ1n) is 7.07. The number of benzene rings is 1. The minimum absolute atomic E-state index is 0.0180. The van der Waals surface area contributed by atoms with Crippen LogP contribution in [0.5, 0.6) is 0 Å². The lowest BCUT2D eigenvalue weighted by atomic mass is 10.00. The van der Waals surface area contributed by atoms with Crippen LogP contribution in [0.1, 0.15) is 18.4 Å². The third-order valence-electron chi connectivity index (χ3n) is 3.44. The Morgan fingerprint density at radius 2 is 2.15 bits per heavy atom. The summed E-state index contributed by atoms with van der Waals surface area (Å²) in [5.41, 5.74) is 2.58. The molecule has 1 N–H and O–H groups in total. The van der Waals surface area contributed by atoms with E-state index in [-0.39, 0.29) is 6.03 Å². The van der Waals surface area contributed by atoms with Crippen molar-refractivity contribution in [1.29, 1.82) is 0 Å². The molecule has 0 spiro atoms. The van der Waals surface area contributed by atoms with Crippen LogP contribution in [0, 0.1) is 0 Å². The fraction of sp³-hybridized carbons (Fsp3) is 0.438. The van der Waals surface area contributed by atoms with E-state index in [4.69, 9.17) is 4.74 Å². The summed E-state index contributed by atoms with van der Waals surface area (Å²) >= 11 is 0. The number of ether oxygens (including phenoxy) is 1. The van der Waals surface area contributed by atoms with Gasteiger partial charge in [-0.3, -0.25) is 0 Å². The molecule has 0 atom stereocenters. The molecule has 20 heavy (non-hydrogen) atoms. The summed E-state index contributed by atoms with van der Waals surface area (Å²) in [5, 5.41) is 2.92. The molecule has 1 aliphatic heterocycles. The predicted molar refractivity (Wildman–Crippen MR) is 80.5 cm³/mol. The van der Waals surface area contributed by atoms with E-state index in [2.05, 4.69) is 23.5 Å². The minimum atomic E-state index is 0.0180. The first kappa shape index (κ1) is 14.6. The fourth-order valence-electron chi connectivity index (χ4n) is 2.29. The Bertz CT molecular complexity index is 457. The van der Waals surface area contributed by atoms with E-state index in [9.17, 15) is 4.79 Å². The van der Waals surface area contributed by atoms with Crippen LogP contribution in [-0.2, 0) is 4.74 Å². The van der Waals surface area contributed by atoms with Crippen LogP contribution in [0.4, 0.5) is 4.79 Å². The van der Waals surface area contributed by atoms with Crippen molar-refractivity contribution in [2.24, 2.45) is 0 Å². The average molecular weight is 274 g/mol. The highest BCUT2D eigenvalue weighted by Gasteiger charge is 2.17. The molecular formula is C16H22N2O2. The van der Waals surface area contributed by atoms with Crippen molar-refractivity contribution in [2.45, 2.75) is 12.8 Å². The van der Waals surface area contributed by atoms with Crippen LogP contribution < -0.4 is 5.32 Å². The van der Waals surface area contributed by atoms with Gasteiger partial charge in [0, 0.05) is 33.4 Å². The van der Waals surface area contributed by atoms with Gasteiger partial charge in [0.2, 0.25) is 0 Å².